The maximum atomic E-state index is 4.31. The molecular weight excluding hydrogens is 202 g/mol. The zero-order valence-corrected chi connectivity index (χ0v) is 10.0. The van der Waals surface area contributed by atoms with Crippen molar-refractivity contribution in [3.8, 4) is 0 Å². The van der Waals surface area contributed by atoms with Gasteiger partial charge in [0.2, 0.25) is 0 Å². The number of nitrogens with zero attached hydrogens (tertiary/aromatic N) is 1. The standard InChI is InChI=1S/C13H17NS/c1-2-6-14-7-5-12-8-11(10-15)3-4-13(12)9-14/h2-4,6,8,15H,5,7,9-10H2,1H3/b6-2-. The summed E-state index contributed by atoms with van der Waals surface area (Å²) in [7, 11) is 0. The van der Waals surface area contributed by atoms with Gasteiger partial charge in [0.15, 0.2) is 0 Å². The molecule has 0 amide bonds. The summed E-state index contributed by atoms with van der Waals surface area (Å²) in [5.41, 5.74) is 4.30. The van der Waals surface area contributed by atoms with Crippen molar-refractivity contribution in [3.05, 3.63) is 47.2 Å². The molecule has 0 N–H and O–H groups in total. The second kappa shape index (κ2) is 4.75. The van der Waals surface area contributed by atoms with Crippen LogP contribution in [0.3, 0.4) is 0 Å². The number of rotatable bonds is 2. The summed E-state index contributed by atoms with van der Waals surface area (Å²) < 4.78 is 0. The first kappa shape index (κ1) is 10.6. The molecule has 1 heterocycles. The van der Waals surface area contributed by atoms with Crippen molar-refractivity contribution in [3.63, 3.8) is 0 Å². The third kappa shape index (κ3) is 2.37. The van der Waals surface area contributed by atoms with Crippen LogP contribution in [-0.4, -0.2) is 11.4 Å². The third-order valence-corrected chi connectivity index (χ3v) is 3.22. The molecule has 1 aliphatic heterocycles. The van der Waals surface area contributed by atoms with Crippen molar-refractivity contribution >= 4 is 12.6 Å². The summed E-state index contributed by atoms with van der Waals surface area (Å²) >= 11 is 4.31. The average molecular weight is 219 g/mol. The van der Waals surface area contributed by atoms with E-state index in [-0.39, 0.29) is 0 Å². The molecule has 0 unspecified atom stereocenters. The van der Waals surface area contributed by atoms with Gasteiger partial charge in [0, 0.05) is 18.8 Å². The molecule has 0 fully saturated rings. The largest absolute Gasteiger partial charge is 0.373 e. The van der Waals surface area contributed by atoms with Crippen LogP contribution in [0, 0.1) is 0 Å². The average Bonchev–Trinajstić information content (AvgIpc) is 2.29. The van der Waals surface area contributed by atoms with E-state index in [0.29, 0.717) is 0 Å². The molecule has 80 valence electrons. The SMILES string of the molecule is C/C=C\N1CCc2cc(CS)ccc2C1. The van der Waals surface area contributed by atoms with Crippen molar-refractivity contribution in [2.45, 2.75) is 25.6 Å². The number of benzene rings is 1. The van der Waals surface area contributed by atoms with E-state index in [0.717, 1.165) is 25.3 Å². The van der Waals surface area contributed by atoms with Crippen LogP contribution in [0.15, 0.2) is 30.5 Å². The molecule has 1 nitrogen and oxygen atoms in total. The van der Waals surface area contributed by atoms with Crippen LogP contribution in [0.2, 0.25) is 0 Å². The van der Waals surface area contributed by atoms with E-state index in [1.165, 1.54) is 16.7 Å². The van der Waals surface area contributed by atoms with Gasteiger partial charge in [0.05, 0.1) is 0 Å². The molecule has 0 bridgehead atoms. The number of hydrogen-bond donors (Lipinski definition) is 1. The van der Waals surface area contributed by atoms with Gasteiger partial charge in [-0.3, -0.25) is 0 Å². The zero-order chi connectivity index (χ0) is 10.7. The third-order valence-electron chi connectivity index (χ3n) is 2.85. The number of fused-ring (bicyclic) bond motifs is 1. The topological polar surface area (TPSA) is 3.24 Å². The zero-order valence-electron chi connectivity index (χ0n) is 9.11. The monoisotopic (exact) mass is 219 g/mol. The van der Waals surface area contributed by atoms with Crippen LogP contribution in [0.25, 0.3) is 0 Å². The predicted molar refractivity (Wildman–Crippen MR) is 68.1 cm³/mol. The Bertz CT molecular complexity index is 371. The molecule has 1 aromatic carbocycles. The maximum Gasteiger partial charge on any atom is 0.0426 e. The molecule has 1 aliphatic rings. The van der Waals surface area contributed by atoms with E-state index < -0.39 is 0 Å². The first-order chi connectivity index (χ1) is 7.33. The molecular formula is C13H17NS. The van der Waals surface area contributed by atoms with Gasteiger partial charge < -0.3 is 4.90 Å². The fourth-order valence-corrected chi connectivity index (χ4v) is 2.26. The number of allylic oxidation sites excluding steroid dienone is 1. The Kier molecular flexibility index (Phi) is 3.37. The first-order valence-corrected chi connectivity index (χ1v) is 6.05. The van der Waals surface area contributed by atoms with Gasteiger partial charge >= 0.3 is 0 Å². The van der Waals surface area contributed by atoms with E-state index >= 15 is 0 Å². The second-order valence-electron chi connectivity index (χ2n) is 3.96. The fraction of sp³-hybridized carbons (Fsp3) is 0.385. The first-order valence-electron chi connectivity index (χ1n) is 5.42. The molecule has 0 saturated carbocycles. The van der Waals surface area contributed by atoms with Crippen molar-refractivity contribution in [1.82, 2.24) is 4.90 Å². The molecule has 0 saturated heterocycles. The van der Waals surface area contributed by atoms with Crippen LogP contribution in [0.1, 0.15) is 23.6 Å². The van der Waals surface area contributed by atoms with E-state index in [4.69, 9.17) is 0 Å². The number of hydrogen-bond acceptors (Lipinski definition) is 2. The Morgan fingerprint density at radius 1 is 1.40 bits per heavy atom. The quantitative estimate of drug-likeness (QED) is 0.748. The summed E-state index contributed by atoms with van der Waals surface area (Å²) in [6.45, 7) is 4.25. The van der Waals surface area contributed by atoms with Crippen molar-refractivity contribution in [2.75, 3.05) is 6.54 Å². The van der Waals surface area contributed by atoms with Crippen LogP contribution in [0.5, 0.6) is 0 Å². The van der Waals surface area contributed by atoms with Crippen molar-refractivity contribution in [2.24, 2.45) is 0 Å². The molecule has 2 rings (SSSR count). The smallest absolute Gasteiger partial charge is 0.0426 e. The lowest BCUT2D eigenvalue weighted by Gasteiger charge is -2.27. The van der Waals surface area contributed by atoms with E-state index in [1.807, 2.05) is 0 Å². The lowest BCUT2D eigenvalue weighted by atomic mass is 9.98. The Balaban J connectivity index is 2.20. The highest BCUT2D eigenvalue weighted by Gasteiger charge is 2.13. The molecule has 0 aromatic heterocycles. The summed E-state index contributed by atoms with van der Waals surface area (Å²) in [5.74, 6) is 0.839. The second-order valence-corrected chi connectivity index (χ2v) is 4.28. The highest BCUT2D eigenvalue weighted by Crippen LogP contribution is 2.21. The van der Waals surface area contributed by atoms with Gasteiger partial charge in [-0.25, -0.2) is 0 Å². The van der Waals surface area contributed by atoms with Crippen molar-refractivity contribution in [1.29, 1.82) is 0 Å². The van der Waals surface area contributed by atoms with Gasteiger partial charge in [-0.1, -0.05) is 24.3 Å². The fourth-order valence-electron chi connectivity index (χ4n) is 2.06. The highest BCUT2D eigenvalue weighted by atomic mass is 32.1. The summed E-state index contributed by atoms with van der Waals surface area (Å²) in [4.78, 5) is 2.36. The Hall–Kier alpha value is -0.890. The van der Waals surface area contributed by atoms with Crippen LogP contribution in [-0.2, 0) is 18.7 Å². The van der Waals surface area contributed by atoms with Crippen LogP contribution in [0.4, 0.5) is 0 Å². The van der Waals surface area contributed by atoms with E-state index in [1.54, 1.807) is 0 Å². The minimum absolute atomic E-state index is 0.839. The molecule has 15 heavy (non-hydrogen) atoms. The van der Waals surface area contributed by atoms with Gasteiger partial charge in [-0.15, -0.1) is 0 Å². The molecule has 2 heteroatoms. The van der Waals surface area contributed by atoms with Crippen molar-refractivity contribution < 1.29 is 0 Å². The normalized spacial score (nSPS) is 15.7. The molecule has 0 aliphatic carbocycles. The Morgan fingerprint density at radius 3 is 3.00 bits per heavy atom. The van der Waals surface area contributed by atoms with Gasteiger partial charge in [0.25, 0.3) is 0 Å². The molecule has 1 aromatic rings. The van der Waals surface area contributed by atoms with Crippen LogP contribution < -0.4 is 0 Å². The lowest BCUT2D eigenvalue weighted by molar-refractivity contribution is 0.352. The summed E-state index contributed by atoms with van der Waals surface area (Å²) in [5, 5.41) is 0. The predicted octanol–water partition coefficient (Wildman–Crippen LogP) is 3.01. The summed E-state index contributed by atoms with van der Waals surface area (Å²) in [6.07, 6.45) is 5.43. The maximum absolute atomic E-state index is 4.31. The van der Waals surface area contributed by atoms with Crippen LogP contribution >= 0.6 is 12.6 Å². The number of thiol groups is 1. The van der Waals surface area contributed by atoms with E-state index in [2.05, 4.69) is 54.9 Å². The minimum Gasteiger partial charge on any atom is -0.373 e. The Labute approximate surface area is 97.2 Å². The van der Waals surface area contributed by atoms with E-state index in [9.17, 15) is 0 Å². The highest BCUT2D eigenvalue weighted by molar-refractivity contribution is 7.79. The summed E-state index contributed by atoms with van der Waals surface area (Å²) in [6, 6.07) is 6.73. The molecule has 0 spiro atoms. The lowest BCUT2D eigenvalue weighted by Crippen LogP contribution is -2.25. The van der Waals surface area contributed by atoms with Gasteiger partial charge in [-0.05, 0) is 36.2 Å². The molecule has 0 atom stereocenters. The van der Waals surface area contributed by atoms with Gasteiger partial charge in [0.1, 0.15) is 0 Å². The minimum atomic E-state index is 0.839. The Morgan fingerprint density at radius 2 is 2.27 bits per heavy atom. The molecule has 0 radical (unpaired) electrons. The van der Waals surface area contributed by atoms with Gasteiger partial charge in [-0.2, -0.15) is 12.6 Å².